The van der Waals surface area contributed by atoms with Crippen molar-refractivity contribution in [1.29, 1.82) is 0 Å². The van der Waals surface area contributed by atoms with E-state index in [0.29, 0.717) is 23.9 Å². The second-order valence-electron chi connectivity index (χ2n) is 7.49. The molecule has 0 radical (unpaired) electrons. The van der Waals surface area contributed by atoms with Crippen LogP contribution in [0.15, 0.2) is 30.3 Å². The summed E-state index contributed by atoms with van der Waals surface area (Å²) in [7, 11) is 0. The number of benzene rings is 1. The summed E-state index contributed by atoms with van der Waals surface area (Å²) in [5.74, 6) is 1.44. The number of carbonyl (C=O) groups is 1. The van der Waals surface area contributed by atoms with Crippen LogP contribution in [0, 0.1) is 11.8 Å². The number of amides is 1. The molecular weight excluding hydrogens is 284 g/mol. The molecular formula is C20H30N2O. The second kappa shape index (κ2) is 7.48. The highest BCUT2D eigenvalue weighted by atomic mass is 16.2. The number of hydrogen-bond acceptors (Lipinski definition) is 2. The van der Waals surface area contributed by atoms with Gasteiger partial charge in [0.25, 0.3) is 0 Å². The van der Waals surface area contributed by atoms with Crippen molar-refractivity contribution in [2.24, 2.45) is 11.8 Å². The molecule has 0 bridgehead atoms. The van der Waals surface area contributed by atoms with E-state index in [1.165, 1.54) is 37.7 Å². The maximum absolute atomic E-state index is 12.6. The molecule has 1 aromatic carbocycles. The van der Waals surface area contributed by atoms with E-state index in [0.717, 1.165) is 6.42 Å². The molecule has 0 heterocycles. The molecule has 0 saturated heterocycles. The van der Waals surface area contributed by atoms with E-state index in [4.69, 9.17) is 0 Å². The summed E-state index contributed by atoms with van der Waals surface area (Å²) in [5.41, 5.74) is 1.31. The molecule has 2 aliphatic rings. The summed E-state index contributed by atoms with van der Waals surface area (Å²) < 4.78 is 0. The molecule has 4 atom stereocenters. The lowest BCUT2D eigenvalue weighted by molar-refractivity contribution is -0.124. The lowest BCUT2D eigenvalue weighted by atomic mass is 9.86. The van der Waals surface area contributed by atoms with Gasteiger partial charge in [0, 0.05) is 12.1 Å². The topological polar surface area (TPSA) is 41.1 Å². The van der Waals surface area contributed by atoms with Gasteiger partial charge in [-0.1, -0.05) is 50.1 Å². The number of rotatable bonds is 6. The van der Waals surface area contributed by atoms with Gasteiger partial charge in [0.05, 0.1) is 6.04 Å². The lowest BCUT2D eigenvalue weighted by Crippen LogP contribution is -2.50. The van der Waals surface area contributed by atoms with E-state index in [9.17, 15) is 4.79 Å². The van der Waals surface area contributed by atoms with Crippen molar-refractivity contribution in [3.8, 4) is 0 Å². The van der Waals surface area contributed by atoms with Crippen molar-refractivity contribution in [3.63, 3.8) is 0 Å². The van der Waals surface area contributed by atoms with E-state index in [-0.39, 0.29) is 11.9 Å². The fourth-order valence-electron chi connectivity index (χ4n) is 3.78. The summed E-state index contributed by atoms with van der Waals surface area (Å²) in [5, 5.41) is 6.87. The predicted molar refractivity (Wildman–Crippen MR) is 94.1 cm³/mol. The molecule has 2 saturated carbocycles. The molecule has 0 spiro atoms. The fourth-order valence-corrected chi connectivity index (χ4v) is 3.78. The van der Waals surface area contributed by atoms with Crippen molar-refractivity contribution < 1.29 is 4.79 Å². The Hall–Kier alpha value is -1.35. The molecule has 126 valence electrons. The average Bonchev–Trinajstić information content (AvgIpc) is 3.40. The van der Waals surface area contributed by atoms with Crippen molar-refractivity contribution in [1.82, 2.24) is 10.6 Å². The van der Waals surface area contributed by atoms with Crippen LogP contribution in [0.3, 0.4) is 0 Å². The van der Waals surface area contributed by atoms with Gasteiger partial charge >= 0.3 is 0 Å². The van der Waals surface area contributed by atoms with Crippen LogP contribution in [0.25, 0.3) is 0 Å². The van der Waals surface area contributed by atoms with E-state index >= 15 is 0 Å². The van der Waals surface area contributed by atoms with Gasteiger partial charge in [-0.25, -0.2) is 0 Å². The third-order valence-corrected chi connectivity index (χ3v) is 5.51. The highest BCUT2D eigenvalue weighted by molar-refractivity contribution is 5.81. The number of carbonyl (C=O) groups excluding carboxylic acids is 1. The zero-order valence-electron chi connectivity index (χ0n) is 14.4. The van der Waals surface area contributed by atoms with Crippen molar-refractivity contribution in [2.75, 3.05) is 0 Å². The Balaban J connectivity index is 1.58. The van der Waals surface area contributed by atoms with Crippen LogP contribution in [0.5, 0.6) is 0 Å². The Morgan fingerprint density at radius 3 is 2.43 bits per heavy atom. The first-order valence-electron chi connectivity index (χ1n) is 9.26. The van der Waals surface area contributed by atoms with Gasteiger partial charge in [-0.15, -0.1) is 0 Å². The molecule has 4 unspecified atom stereocenters. The van der Waals surface area contributed by atoms with Gasteiger partial charge in [-0.2, -0.15) is 0 Å². The zero-order chi connectivity index (χ0) is 16.2. The minimum Gasteiger partial charge on any atom is -0.352 e. The standard InChI is InChI=1S/C20H30N2O/c1-14-8-6-7-11-18(14)22-20(23)15(2)21-19(17-12-13-17)16-9-4-3-5-10-16/h3-5,9-10,14-15,17-19,21H,6-8,11-13H2,1-2H3,(H,22,23). The first-order valence-corrected chi connectivity index (χ1v) is 9.26. The van der Waals surface area contributed by atoms with Crippen molar-refractivity contribution >= 4 is 5.91 Å². The molecule has 2 N–H and O–H groups in total. The number of hydrogen-bond donors (Lipinski definition) is 2. The maximum atomic E-state index is 12.6. The predicted octanol–water partition coefficient (Wildman–Crippen LogP) is 3.81. The molecule has 3 rings (SSSR count). The third-order valence-electron chi connectivity index (χ3n) is 5.51. The van der Waals surface area contributed by atoms with Crippen LogP contribution in [0.1, 0.15) is 64.0 Å². The molecule has 3 nitrogen and oxygen atoms in total. The first kappa shape index (κ1) is 16.5. The monoisotopic (exact) mass is 314 g/mol. The van der Waals surface area contributed by atoms with Crippen LogP contribution >= 0.6 is 0 Å². The van der Waals surface area contributed by atoms with Crippen LogP contribution in [0.2, 0.25) is 0 Å². The number of nitrogens with one attached hydrogen (secondary N) is 2. The van der Waals surface area contributed by atoms with Crippen molar-refractivity contribution in [2.45, 2.75) is 70.5 Å². The normalized spacial score (nSPS) is 27.2. The van der Waals surface area contributed by atoms with Gasteiger partial charge in [0.1, 0.15) is 0 Å². The molecule has 0 aliphatic heterocycles. The highest BCUT2D eigenvalue weighted by Crippen LogP contribution is 2.41. The first-order chi connectivity index (χ1) is 11.1. The molecule has 23 heavy (non-hydrogen) atoms. The Morgan fingerprint density at radius 2 is 1.78 bits per heavy atom. The van der Waals surface area contributed by atoms with Gasteiger partial charge in [0.15, 0.2) is 0 Å². The minimum atomic E-state index is -0.144. The molecule has 1 amide bonds. The summed E-state index contributed by atoms with van der Waals surface area (Å²) in [4.78, 5) is 12.6. The smallest absolute Gasteiger partial charge is 0.237 e. The third kappa shape index (κ3) is 4.35. The van der Waals surface area contributed by atoms with E-state index in [2.05, 4.69) is 41.8 Å². The van der Waals surface area contributed by atoms with Crippen LogP contribution < -0.4 is 10.6 Å². The van der Waals surface area contributed by atoms with Gasteiger partial charge < -0.3 is 5.32 Å². The molecule has 0 aromatic heterocycles. The summed E-state index contributed by atoms with van der Waals surface area (Å²) >= 11 is 0. The SMILES string of the molecule is CC(NC(c1ccccc1)C1CC1)C(=O)NC1CCCCC1C. The Kier molecular flexibility index (Phi) is 5.37. The highest BCUT2D eigenvalue weighted by Gasteiger charge is 2.34. The van der Waals surface area contributed by atoms with Crippen LogP contribution in [0.4, 0.5) is 0 Å². The van der Waals surface area contributed by atoms with Gasteiger partial charge in [-0.05, 0) is 50.0 Å². The Labute approximate surface area is 140 Å². The van der Waals surface area contributed by atoms with Crippen LogP contribution in [-0.4, -0.2) is 18.0 Å². The summed E-state index contributed by atoms with van der Waals surface area (Å²) in [6.45, 7) is 4.26. The second-order valence-corrected chi connectivity index (χ2v) is 7.49. The molecule has 2 fully saturated rings. The Bertz CT molecular complexity index is 512. The lowest BCUT2D eigenvalue weighted by Gasteiger charge is -2.31. The molecule has 3 heteroatoms. The van der Waals surface area contributed by atoms with E-state index < -0.39 is 0 Å². The van der Waals surface area contributed by atoms with E-state index in [1.54, 1.807) is 0 Å². The summed E-state index contributed by atoms with van der Waals surface area (Å²) in [6, 6.07) is 11.1. The zero-order valence-corrected chi connectivity index (χ0v) is 14.4. The quantitative estimate of drug-likeness (QED) is 0.838. The summed E-state index contributed by atoms with van der Waals surface area (Å²) in [6.07, 6.45) is 7.44. The molecule has 2 aliphatic carbocycles. The Morgan fingerprint density at radius 1 is 1.09 bits per heavy atom. The fraction of sp³-hybridized carbons (Fsp3) is 0.650. The average molecular weight is 314 g/mol. The van der Waals surface area contributed by atoms with Gasteiger partial charge in [0.2, 0.25) is 5.91 Å². The van der Waals surface area contributed by atoms with Crippen molar-refractivity contribution in [3.05, 3.63) is 35.9 Å². The maximum Gasteiger partial charge on any atom is 0.237 e. The largest absolute Gasteiger partial charge is 0.352 e. The molecule has 1 aromatic rings. The minimum absolute atomic E-state index is 0.144. The van der Waals surface area contributed by atoms with Crippen LogP contribution in [-0.2, 0) is 4.79 Å². The van der Waals surface area contributed by atoms with Gasteiger partial charge in [-0.3, -0.25) is 10.1 Å². The van der Waals surface area contributed by atoms with E-state index in [1.807, 2.05) is 13.0 Å².